The van der Waals surface area contributed by atoms with E-state index in [-0.39, 0.29) is 0 Å². The van der Waals surface area contributed by atoms with Crippen molar-refractivity contribution in [3.05, 3.63) is 47.0 Å². The summed E-state index contributed by atoms with van der Waals surface area (Å²) in [5, 5.41) is 9.86. The Balaban J connectivity index is 2.23. The Kier molecular flexibility index (Phi) is 3.71. The lowest BCUT2D eigenvalue weighted by Crippen LogP contribution is -2.24. The van der Waals surface area contributed by atoms with E-state index >= 15 is 0 Å². The summed E-state index contributed by atoms with van der Waals surface area (Å²) < 4.78 is 0. The Labute approximate surface area is 102 Å². The number of hydrogen-bond donors (Lipinski definition) is 2. The van der Waals surface area contributed by atoms with Crippen LogP contribution in [-0.4, -0.2) is 23.6 Å². The molecule has 0 amide bonds. The van der Waals surface area contributed by atoms with Crippen LogP contribution in [0.15, 0.2) is 46.5 Å². The van der Waals surface area contributed by atoms with Gasteiger partial charge in [-0.25, -0.2) is 0 Å². The van der Waals surface area contributed by atoms with Crippen molar-refractivity contribution >= 4 is 5.71 Å². The van der Waals surface area contributed by atoms with Crippen molar-refractivity contribution < 1.29 is 5.11 Å². The Hall–Kier alpha value is -1.45. The lowest BCUT2D eigenvalue weighted by molar-refractivity contribution is 0.215. The van der Waals surface area contributed by atoms with Crippen LogP contribution in [0.25, 0.3) is 0 Å². The fourth-order valence-electron chi connectivity index (χ4n) is 2.21. The fourth-order valence-corrected chi connectivity index (χ4v) is 2.21. The molecule has 0 aromatic heterocycles. The highest BCUT2D eigenvalue weighted by Crippen LogP contribution is 2.23. The number of benzene rings is 1. The van der Waals surface area contributed by atoms with E-state index in [2.05, 4.69) is 17.1 Å². The minimum Gasteiger partial charge on any atom is -0.368 e. The zero-order valence-electron chi connectivity index (χ0n) is 10.1. The quantitative estimate of drug-likeness (QED) is 0.776. The Morgan fingerprint density at radius 2 is 2.06 bits per heavy atom. The molecule has 0 aliphatic carbocycles. The molecule has 1 aliphatic rings. The van der Waals surface area contributed by atoms with Gasteiger partial charge in [-0.15, -0.1) is 0 Å². The molecule has 1 aromatic carbocycles. The van der Waals surface area contributed by atoms with Crippen LogP contribution in [0, 0.1) is 0 Å². The van der Waals surface area contributed by atoms with Gasteiger partial charge in [0.1, 0.15) is 0 Å². The molecule has 0 radical (unpaired) electrons. The summed E-state index contributed by atoms with van der Waals surface area (Å²) in [6.45, 7) is 2.32. The molecule has 1 aliphatic heterocycles. The standard InChI is InChI=1S/C14H18N2O/c1-10-7-12(13(9-15)14(17)16-10)8-11-5-3-2-4-6-11/h2-6,14,17H,7-9,15H2,1H3. The maximum absolute atomic E-state index is 9.86. The molecule has 3 nitrogen and oxygen atoms in total. The highest BCUT2D eigenvalue weighted by atomic mass is 16.3. The maximum atomic E-state index is 9.86. The summed E-state index contributed by atoms with van der Waals surface area (Å²) >= 11 is 0. The molecule has 17 heavy (non-hydrogen) atoms. The molecule has 1 heterocycles. The summed E-state index contributed by atoms with van der Waals surface area (Å²) in [6, 6.07) is 10.2. The van der Waals surface area contributed by atoms with Crippen molar-refractivity contribution in [3.63, 3.8) is 0 Å². The van der Waals surface area contributed by atoms with Gasteiger partial charge in [-0.3, -0.25) is 4.99 Å². The summed E-state index contributed by atoms with van der Waals surface area (Å²) in [5.74, 6) is 0. The Morgan fingerprint density at radius 3 is 2.71 bits per heavy atom. The summed E-state index contributed by atoms with van der Waals surface area (Å²) in [4.78, 5) is 4.16. The second-order valence-electron chi connectivity index (χ2n) is 4.41. The van der Waals surface area contributed by atoms with Gasteiger partial charge in [-0.1, -0.05) is 35.9 Å². The fraction of sp³-hybridized carbons (Fsp3) is 0.357. The van der Waals surface area contributed by atoms with Crippen molar-refractivity contribution in [2.75, 3.05) is 6.54 Å². The van der Waals surface area contributed by atoms with Crippen molar-refractivity contribution in [3.8, 4) is 0 Å². The van der Waals surface area contributed by atoms with Gasteiger partial charge in [0, 0.05) is 18.7 Å². The zero-order valence-corrected chi connectivity index (χ0v) is 10.1. The Morgan fingerprint density at radius 1 is 1.35 bits per heavy atom. The lowest BCUT2D eigenvalue weighted by Gasteiger charge is -2.22. The average molecular weight is 230 g/mol. The van der Waals surface area contributed by atoms with Crippen molar-refractivity contribution in [2.45, 2.75) is 26.0 Å². The number of nitrogens with two attached hydrogens (primary N) is 1. The number of rotatable bonds is 3. The summed E-state index contributed by atoms with van der Waals surface area (Å²) in [6.07, 6.45) is 0.919. The molecule has 1 atom stereocenters. The minimum atomic E-state index is -0.743. The number of aliphatic hydroxyl groups is 1. The molecule has 0 fully saturated rings. The highest BCUT2D eigenvalue weighted by Gasteiger charge is 2.19. The van der Waals surface area contributed by atoms with E-state index in [0.717, 1.165) is 24.1 Å². The van der Waals surface area contributed by atoms with E-state index < -0.39 is 6.23 Å². The number of dihydropyridines is 1. The summed E-state index contributed by atoms with van der Waals surface area (Å²) in [5.41, 5.74) is 10.00. The second kappa shape index (κ2) is 5.25. The molecule has 0 spiro atoms. The zero-order chi connectivity index (χ0) is 12.3. The molecule has 1 aromatic rings. The van der Waals surface area contributed by atoms with Gasteiger partial charge in [0.2, 0.25) is 0 Å². The van der Waals surface area contributed by atoms with Gasteiger partial charge in [-0.2, -0.15) is 0 Å². The van der Waals surface area contributed by atoms with Gasteiger partial charge in [-0.05, 0) is 24.5 Å². The molecular weight excluding hydrogens is 212 g/mol. The number of aliphatic hydroxyl groups excluding tert-OH is 1. The van der Waals surface area contributed by atoms with Gasteiger partial charge in [0.15, 0.2) is 6.23 Å². The van der Waals surface area contributed by atoms with E-state index in [1.54, 1.807) is 0 Å². The number of nitrogens with zero attached hydrogens (tertiary/aromatic N) is 1. The molecule has 1 unspecified atom stereocenters. The van der Waals surface area contributed by atoms with E-state index in [9.17, 15) is 5.11 Å². The number of allylic oxidation sites excluding steroid dienone is 1. The maximum Gasteiger partial charge on any atom is 0.168 e. The lowest BCUT2D eigenvalue weighted by atomic mass is 9.92. The van der Waals surface area contributed by atoms with Crippen molar-refractivity contribution in [1.29, 1.82) is 0 Å². The largest absolute Gasteiger partial charge is 0.368 e. The molecule has 3 heteroatoms. The highest BCUT2D eigenvalue weighted by molar-refractivity contribution is 5.85. The SMILES string of the molecule is CC1=NC(O)C(CN)=C(Cc2ccccc2)C1. The van der Waals surface area contributed by atoms with Crippen LogP contribution in [-0.2, 0) is 6.42 Å². The van der Waals surface area contributed by atoms with Crippen molar-refractivity contribution in [2.24, 2.45) is 10.7 Å². The average Bonchev–Trinajstić information content (AvgIpc) is 2.30. The molecule has 90 valence electrons. The van der Waals surface area contributed by atoms with Crippen molar-refractivity contribution in [1.82, 2.24) is 0 Å². The number of hydrogen-bond acceptors (Lipinski definition) is 3. The van der Waals surface area contributed by atoms with Gasteiger partial charge in [0.25, 0.3) is 0 Å². The smallest absolute Gasteiger partial charge is 0.168 e. The molecular formula is C14H18N2O. The predicted octanol–water partition coefficient (Wildman–Crippen LogP) is 1.67. The molecule has 3 N–H and O–H groups in total. The topological polar surface area (TPSA) is 58.6 Å². The minimum absolute atomic E-state index is 0.375. The monoisotopic (exact) mass is 230 g/mol. The van der Waals surface area contributed by atoms with E-state index in [1.807, 2.05) is 25.1 Å². The van der Waals surface area contributed by atoms with Crippen LogP contribution in [0.3, 0.4) is 0 Å². The first-order valence-electron chi connectivity index (χ1n) is 5.87. The molecule has 0 saturated carbocycles. The second-order valence-corrected chi connectivity index (χ2v) is 4.41. The normalized spacial score (nSPS) is 20.4. The van der Waals surface area contributed by atoms with Crippen LogP contribution >= 0.6 is 0 Å². The van der Waals surface area contributed by atoms with Crippen LogP contribution in [0.2, 0.25) is 0 Å². The molecule has 0 bridgehead atoms. The Bertz CT molecular complexity index is 449. The van der Waals surface area contributed by atoms with Gasteiger partial charge in [0.05, 0.1) is 0 Å². The predicted molar refractivity (Wildman–Crippen MR) is 70.0 cm³/mol. The van der Waals surface area contributed by atoms with Crippen LogP contribution in [0.5, 0.6) is 0 Å². The van der Waals surface area contributed by atoms with Crippen LogP contribution in [0.4, 0.5) is 0 Å². The first-order chi connectivity index (χ1) is 8.20. The van der Waals surface area contributed by atoms with E-state index in [4.69, 9.17) is 5.73 Å². The van der Waals surface area contributed by atoms with E-state index in [1.165, 1.54) is 11.1 Å². The third kappa shape index (κ3) is 2.81. The first-order valence-corrected chi connectivity index (χ1v) is 5.87. The van der Waals surface area contributed by atoms with Gasteiger partial charge >= 0.3 is 0 Å². The number of aliphatic imine (C=N–C) groups is 1. The first kappa shape index (κ1) is 12.0. The van der Waals surface area contributed by atoms with E-state index in [0.29, 0.717) is 6.54 Å². The molecule has 0 saturated heterocycles. The molecule has 2 rings (SSSR count). The third-order valence-corrected chi connectivity index (χ3v) is 3.06. The van der Waals surface area contributed by atoms with Crippen LogP contribution in [0.1, 0.15) is 18.9 Å². The summed E-state index contributed by atoms with van der Waals surface area (Å²) in [7, 11) is 0. The van der Waals surface area contributed by atoms with Crippen LogP contribution < -0.4 is 5.73 Å². The third-order valence-electron chi connectivity index (χ3n) is 3.06. The van der Waals surface area contributed by atoms with Gasteiger partial charge < -0.3 is 10.8 Å².